The van der Waals surface area contributed by atoms with E-state index in [1.54, 1.807) is 31.4 Å². The van der Waals surface area contributed by atoms with Crippen LogP contribution in [0.4, 0.5) is 10.1 Å². The van der Waals surface area contributed by atoms with Crippen LogP contribution in [0.1, 0.15) is 12.0 Å². The Balaban J connectivity index is 1.60. The summed E-state index contributed by atoms with van der Waals surface area (Å²) in [6.07, 6.45) is 1.74. The Kier molecular flexibility index (Phi) is 4.80. The Morgan fingerprint density at radius 1 is 1.33 bits per heavy atom. The van der Waals surface area contributed by atoms with Crippen molar-refractivity contribution in [3.63, 3.8) is 0 Å². The van der Waals surface area contributed by atoms with Crippen molar-refractivity contribution in [2.24, 2.45) is 0 Å². The maximum atomic E-state index is 12.9. The van der Waals surface area contributed by atoms with Crippen molar-refractivity contribution in [2.45, 2.75) is 23.2 Å². The molecule has 0 bridgehead atoms. The molecule has 2 aromatic rings. The molecule has 7 heteroatoms. The fraction of sp³-hybridized carbons (Fsp3) is 0.235. The van der Waals surface area contributed by atoms with Crippen LogP contribution in [0.2, 0.25) is 0 Å². The van der Waals surface area contributed by atoms with Gasteiger partial charge in [-0.15, -0.1) is 0 Å². The molecular formula is C17H16FN3O2S. The van der Waals surface area contributed by atoms with Gasteiger partial charge in [-0.1, -0.05) is 23.9 Å². The summed E-state index contributed by atoms with van der Waals surface area (Å²) in [5.41, 5.74) is 1.56. The molecule has 1 aliphatic heterocycles. The third-order valence-electron chi connectivity index (χ3n) is 3.75. The van der Waals surface area contributed by atoms with Crippen molar-refractivity contribution >= 4 is 29.3 Å². The maximum absolute atomic E-state index is 12.9. The lowest BCUT2D eigenvalue weighted by molar-refractivity contribution is -0.124. The van der Waals surface area contributed by atoms with Crippen LogP contribution in [0.25, 0.3) is 0 Å². The summed E-state index contributed by atoms with van der Waals surface area (Å²) in [5.74, 6) is -0.654. The van der Waals surface area contributed by atoms with Crippen molar-refractivity contribution in [1.82, 2.24) is 10.3 Å². The standard InChI is InChI=1S/C17H16FN3O2S/c1-21-13-3-2-8-19-16(13)24-14(17(21)23)9-15(22)20-10-11-4-6-12(18)7-5-11/h2-8,14H,9-10H2,1H3,(H,20,22). The molecule has 0 saturated heterocycles. The van der Waals surface area contributed by atoms with Crippen molar-refractivity contribution in [1.29, 1.82) is 0 Å². The number of benzene rings is 1. The quantitative estimate of drug-likeness (QED) is 0.924. The molecule has 0 radical (unpaired) electrons. The predicted octanol–water partition coefficient (Wildman–Crippen LogP) is 2.36. The van der Waals surface area contributed by atoms with Gasteiger partial charge in [-0.2, -0.15) is 0 Å². The van der Waals surface area contributed by atoms with Gasteiger partial charge < -0.3 is 10.2 Å². The van der Waals surface area contributed by atoms with Crippen LogP contribution in [0.15, 0.2) is 47.6 Å². The summed E-state index contributed by atoms with van der Waals surface area (Å²) >= 11 is 1.31. The molecular weight excluding hydrogens is 329 g/mol. The van der Waals surface area contributed by atoms with Gasteiger partial charge in [0.15, 0.2) is 0 Å². The first kappa shape index (κ1) is 16.4. The number of amides is 2. The molecule has 1 N–H and O–H groups in total. The molecule has 0 spiro atoms. The highest BCUT2D eigenvalue weighted by Crippen LogP contribution is 2.37. The zero-order valence-electron chi connectivity index (χ0n) is 13.0. The van der Waals surface area contributed by atoms with E-state index in [4.69, 9.17) is 0 Å². The molecule has 0 saturated carbocycles. The summed E-state index contributed by atoms with van der Waals surface area (Å²) in [4.78, 5) is 30.3. The summed E-state index contributed by atoms with van der Waals surface area (Å²) in [7, 11) is 1.69. The number of anilines is 1. The number of fused-ring (bicyclic) bond motifs is 1. The Morgan fingerprint density at radius 3 is 2.83 bits per heavy atom. The largest absolute Gasteiger partial charge is 0.352 e. The van der Waals surface area contributed by atoms with Crippen molar-refractivity contribution < 1.29 is 14.0 Å². The Morgan fingerprint density at radius 2 is 2.08 bits per heavy atom. The minimum Gasteiger partial charge on any atom is -0.352 e. The second-order valence-electron chi connectivity index (χ2n) is 5.44. The molecule has 1 unspecified atom stereocenters. The van der Waals surface area contributed by atoms with Crippen LogP contribution >= 0.6 is 11.8 Å². The molecule has 3 rings (SSSR count). The number of aromatic nitrogens is 1. The average Bonchev–Trinajstić information content (AvgIpc) is 2.59. The second kappa shape index (κ2) is 7.00. The van der Waals surface area contributed by atoms with Gasteiger partial charge in [-0.25, -0.2) is 9.37 Å². The monoisotopic (exact) mass is 345 g/mol. The first-order valence-electron chi connectivity index (χ1n) is 7.45. The molecule has 0 fully saturated rings. The van der Waals surface area contributed by atoms with E-state index in [1.165, 1.54) is 28.8 Å². The number of rotatable bonds is 4. The van der Waals surface area contributed by atoms with Gasteiger partial charge in [0.05, 0.1) is 10.9 Å². The summed E-state index contributed by atoms with van der Waals surface area (Å²) in [6, 6.07) is 9.53. The van der Waals surface area contributed by atoms with Crippen LogP contribution in [0.5, 0.6) is 0 Å². The van der Waals surface area contributed by atoms with Crippen molar-refractivity contribution in [3.05, 3.63) is 54.0 Å². The van der Waals surface area contributed by atoms with Gasteiger partial charge in [0.1, 0.15) is 10.8 Å². The predicted molar refractivity (Wildman–Crippen MR) is 90.2 cm³/mol. The Labute approximate surface area is 143 Å². The second-order valence-corrected chi connectivity index (χ2v) is 6.63. The van der Waals surface area contributed by atoms with E-state index >= 15 is 0 Å². The number of hydrogen-bond acceptors (Lipinski definition) is 4. The van der Waals surface area contributed by atoms with Crippen LogP contribution < -0.4 is 10.2 Å². The third kappa shape index (κ3) is 3.56. The van der Waals surface area contributed by atoms with E-state index in [-0.39, 0.29) is 24.1 Å². The zero-order valence-corrected chi connectivity index (χ0v) is 13.8. The van der Waals surface area contributed by atoms with Gasteiger partial charge in [0.25, 0.3) is 0 Å². The number of carbonyl (C=O) groups is 2. The SMILES string of the molecule is CN1C(=O)C(CC(=O)NCc2ccc(F)cc2)Sc2ncccc21. The average molecular weight is 345 g/mol. The lowest BCUT2D eigenvalue weighted by Crippen LogP contribution is -2.41. The molecule has 1 aliphatic rings. The molecule has 1 atom stereocenters. The van der Waals surface area contributed by atoms with E-state index in [1.807, 2.05) is 6.07 Å². The van der Waals surface area contributed by atoms with Gasteiger partial charge >= 0.3 is 0 Å². The summed E-state index contributed by atoms with van der Waals surface area (Å²) in [5, 5.41) is 3.01. The lowest BCUT2D eigenvalue weighted by Gasteiger charge is -2.29. The first-order valence-corrected chi connectivity index (χ1v) is 8.33. The summed E-state index contributed by atoms with van der Waals surface area (Å²) < 4.78 is 12.9. The van der Waals surface area contributed by atoms with Crippen LogP contribution in [0.3, 0.4) is 0 Å². The first-order chi connectivity index (χ1) is 11.5. The fourth-order valence-corrected chi connectivity index (χ4v) is 3.63. The number of pyridine rings is 1. The highest BCUT2D eigenvalue weighted by atomic mass is 32.2. The molecule has 24 heavy (non-hydrogen) atoms. The number of thioether (sulfide) groups is 1. The number of halogens is 1. The van der Waals surface area contributed by atoms with Gasteiger partial charge in [0, 0.05) is 26.2 Å². The molecule has 2 amide bonds. The van der Waals surface area contributed by atoms with Gasteiger partial charge in [-0.3, -0.25) is 9.59 Å². The maximum Gasteiger partial charge on any atom is 0.240 e. The van der Waals surface area contributed by atoms with Gasteiger partial charge in [-0.05, 0) is 29.8 Å². The van der Waals surface area contributed by atoms with E-state index < -0.39 is 5.25 Å². The lowest BCUT2D eigenvalue weighted by atomic mass is 10.2. The van der Waals surface area contributed by atoms with Crippen LogP contribution in [-0.2, 0) is 16.1 Å². The molecule has 1 aromatic carbocycles. The topological polar surface area (TPSA) is 62.3 Å². The number of hydrogen-bond donors (Lipinski definition) is 1. The van der Waals surface area contributed by atoms with E-state index in [9.17, 15) is 14.0 Å². The molecule has 1 aromatic heterocycles. The molecule has 5 nitrogen and oxygen atoms in total. The smallest absolute Gasteiger partial charge is 0.240 e. The Hall–Kier alpha value is -2.41. The minimum atomic E-state index is -0.495. The van der Waals surface area contributed by atoms with Crippen molar-refractivity contribution in [2.75, 3.05) is 11.9 Å². The minimum absolute atomic E-state index is 0.0745. The number of carbonyl (C=O) groups excluding carboxylic acids is 2. The highest BCUT2D eigenvalue weighted by Gasteiger charge is 2.33. The van der Waals surface area contributed by atoms with Crippen LogP contribution in [0, 0.1) is 5.82 Å². The van der Waals surface area contributed by atoms with E-state index in [0.717, 1.165) is 16.3 Å². The number of nitrogens with one attached hydrogen (secondary N) is 1. The molecule has 2 heterocycles. The van der Waals surface area contributed by atoms with E-state index in [2.05, 4.69) is 10.3 Å². The van der Waals surface area contributed by atoms with Gasteiger partial charge in [0.2, 0.25) is 11.8 Å². The highest BCUT2D eigenvalue weighted by molar-refractivity contribution is 8.00. The van der Waals surface area contributed by atoms with E-state index in [0.29, 0.717) is 6.54 Å². The van der Waals surface area contributed by atoms with Crippen molar-refractivity contribution in [3.8, 4) is 0 Å². The number of nitrogens with zero attached hydrogens (tertiary/aromatic N) is 2. The Bertz CT molecular complexity index is 767. The molecule has 0 aliphatic carbocycles. The third-order valence-corrected chi connectivity index (χ3v) is 4.94. The normalized spacial score (nSPS) is 16.7. The fourth-order valence-electron chi connectivity index (χ4n) is 2.42. The van der Waals surface area contributed by atoms with Crippen LogP contribution in [-0.4, -0.2) is 29.1 Å². The summed E-state index contributed by atoms with van der Waals surface area (Å²) in [6.45, 7) is 0.301. The molecule has 124 valence electrons. The zero-order chi connectivity index (χ0) is 17.1.